The Bertz CT molecular complexity index is 8060. The molecule has 0 saturated carbocycles. The van der Waals surface area contributed by atoms with Crippen LogP contribution in [-0.2, 0) is 0 Å². The van der Waals surface area contributed by atoms with Crippen LogP contribution in [0, 0.1) is 0 Å². The Morgan fingerprint density at radius 3 is 0.886 bits per heavy atom. The minimum absolute atomic E-state index is 0.737. The number of para-hydroxylation sites is 1. The zero-order valence-corrected chi connectivity index (χ0v) is 68.9. The normalized spacial score (nSPS) is 11.4. The van der Waals surface area contributed by atoms with E-state index in [4.69, 9.17) is 29.9 Å². The van der Waals surface area contributed by atoms with Crippen LogP contribution in [0.15, 0.2) is 437 Å². The van der Waals surface area contributed by atoms with Gasteiger partial charge < -0.3 is 0 Å². The van der Waals surface area contributed by atoms with Crippen molar-refractivity contribution in [3.8, 4) is 135 Å². The average Bonchev–Trinajstić information content (AvgIpc) is 1.70. The monoisotopic (exact) mass is 1620 g/mol. The molecule has 576 valence electrons. The van der Waals surface area contributed by atoms with Crippen LogP contribution in [-0.4, -0.2) is 29.9 Å². The summed E-state index contributed by atoms with van der Waals surface area (Å²) >= 11 is 5.57. The lowest BCUT2D eigenvalue weighted by Gasteiger charge is -2.13. The minimum Gasteiger partial charge on any atom is -0.244 e. The van der Waals surface area contributed by atoms with Crippen molar-refractivity contribution in [3.05, 3.63) is 437 Å². The summed E-state index contributed by atoms with van der Waals surface area (Å²) in [6.45, 7) is 0. The van der Waals surface area contributed by atoms with E-state index in [2.05, 4.69) is 364 Å². The second-order valence-corrected chi connectivity index (χ2v) is 33.9. The predicted molar refractivity (Wildman–Crippen MR) is 523 cm³/mol. The fourth-order valence-electron chi connectivity index (χ4n) is 17.1. The Hall–Kier alpha value is -15.4. The molecule has 6 aromatic heterocycles. The van der Waals surface area contributed by atoms with Crippen LogP contribution in [0.4, 0.5) is 0 Å². The highest BCUT2D eigenvalue weighted by molar-refractivity contribution is 7.26. The Morgan fingerprint density at radius 1 is 0.146 bits per heavy atom. The predicted octanol–water partition coefficient (Wildman–Crippen LogP) is 32.0. The molecule has 24 aromatic rings. The molecule has 0 amide bonds. The molecule has 6 heterocycles. The van der Waals surface area contributed by atoms with Gasteiger partial charge in [0.2, 0.25) is 0 Å². The van der Waals surface area contributed by atoms with Gasteiger partial charge in [0.25, 0.3) is 0 Å². The maximum atomic E-state index is 5.29. The quantitative estimate of drug-likeness (QED) is 0.121. The fourth-order valence-corrected chi connectivity index (χ4v) is 20.5. The molecule has 0 saturated heterocycles. The van der Waals surface area contributed by atoms with E-state index in [1.165, 1.54) is 105 Å². The molecule has 0 aliphatic rings. The highest BCUT2D eigenvalue weighted by Crippen LogP contribution is 2.46. The molecule has 0 aliphatic carbocycles. The summed E-state index contributed by atoms with van der Waals surface area (Å²) in [7, 11) is 0. The first-order valence-electron chi connectivity index (χ1n) is 41.3. The van der Waals surface area contributed by atoms with Crippen molar-refractivity contribution in [1.29, 1.82) is 0 Å². The van der Waals surface area contributed by atoms with Gasteiger partial charge in [-0.3, -0.25) is 0 Å². The molecule has 0 radical (unpaired) electrons. The zero-order valence-electron chi connectivity index (χ0n) is 66.5. The van der Waals surface area contributed by atoms with Gasteiger partial charge in [0.15, 0.2) is 11.6 Å². The second kappa shape index (κ2) is 32.4. The van der Waals surface area contributed by atoms with Crippen molar-refractivity contribution in [2.45, 2.75) is 0 Å². The molecule has 0 unspecified atom stereocenters. The maximum Gasteiger partial charge on any atom is 0.160 e. The van der Waals surface area contributed by atoms with Gasteiger partial charge in [0.1, 0.15) is 0 Å². The van der Waals surface area contributed by atoms with Crippen LogP contribution < -0.4 is 0 Å². The van der Waals surface area contributed by atoms with Crippen molar-refractivity contribution >= 4 is 127 Å². The van der Waals surface area contributed by atoms with Crippen LogP contribution in [0.25, 0.3) is 228 Å². The lowest BCUT2D eigenvalue weighted by atomic mass is 9.96. The van der Waals surface area contributed by atoms with Crippen LogP contribution in [0.2, 0.25) is 0 Å². The molecular formula is C114H72N6S3. The standard InChI is InChI=1S/3C38H24N2S/c1-3-11-27(12-4-1)36-37(28-13-5-2-6-14-28)40-38-30(17-9-18-32(38)39-36)26-23-21-25(22-24-26)29-16-10-20-34-35(29)31-15-7-8-19-33(31)41-34;1-3-10-27(11-4-1)37-31-23-22-29(24-33(31)39-38(40-37)28-12-5-2-6-13-28)25-18-20-26(21-19-25)30-15-9-17-35-36(30)32-14-7-8-16-34(32)41-35;1-3-10-27(11-4-1)37-32-24-29(22-23-33(32)39-38(40-37)28-12-5-2-6-13-28)25-18-20-26(21-19-25)30-15-9-17-35-36(30)31-14-7-8-16-34(31)41-35/h3*1-24H. The average molecular weight is 1620 g/mol. The molecule has 18 aromatic carbocycles. The highest BCUT2D eigenvalue weighted by Gasteiger charge is 2.21. The molecule has 0 N–H and O–H groups in total. The summed E-state index contributed by atoms with van der Waals surface area (Å²) in [6, 6.07) is 154. The van der Waals surface area contributed by atoms with Gasteiger partial charge in [-0.25, -0.2) is 29.9 Å². The Balaban J connectivity index is 0.000000110. The van der Waals surface area contributed by atoms with Crippen LogP contribution in [0.3, 0.4) is 0 Å². The van der Waals surface area contributed by atoms with Gasteiger partial charge in [0.05, 0.1) is 44.8 Å². The van der Waals surface area contributed by atoms with Crippen molar-refractivity contribution in [1.82, 2.24) is 29.9 Å². The number of benzene rings is 18. The van der Waals surface area contributed by atoms with E-state index in [1.807, 2.05) is 107 Å². The Kier molecular flexibility index (Phi) is 19.5. The largest absolute Gasteiger partial charge is 0.244 e. The van der Waals surface area contributed by atoms with Gasteiger partial charge in [-0.05, 0) is 128 Å². The molecule has 24 rings (SSSR count). The molecule has 6 nitrogen and oxygen atoms in total. The molecule has 0 bridgehead atoms. The van der Waals surface area contributed by atoms with Crippen LogP contribution in [0.5, 0.6) is 0 Å². The summed E-state index contributed by atoms with van der Waals surface area (Å²) in [5.74, 6) is 1.48. The maximum absolute atomic E-state index is 5.29. The third-order valence-electron chi connectivity index (χ3n) is 23.1. The Morgan fingerprint density at radius 2 is 0.455 bits per heavy atom. The second-order valence-electron chi connectivity index (χ2n) is 30.6. The number of thiophene rings is 3. The molecule has 123 heavy (non-hydrogen) atoms. The first-order valence-corrected chi connectivity index (χ1v) is 43.7. The minimum atomic E-state index is 0.737. The molecule has 0 aliphatic heterocycles. The lowest BCUT2D eigenvalue weighted by molar-refractivity contribution is 1.23. The molecular weight excluding hydrogens is 1550 g/mol. The van der Waals surface area contributed by atoms with Gasteiger partial charge in [-0.15, -0.1) is 34.0 Å². The van der Waals surface area contributed by atoms with Gasteiger partial charge >= 0.3 is 0 Å². The smallest absolute Gasteiger partial charge is 0.160 e. The van der Waals surface area contributed by atoms with Gasteiger partial charge in [0, 0.05) is 110 Å². The van der Waals surface area contributed by atoms with E-state index >= 15 is 0 Å². The molecule has 0 atom stereocenters. The van der Waals surface area contributed by atoms with E-state index in [0.717, 1.165) is 123 Å². The van der Waals surface area contributed by atoms with Crippen LogP contribution in [0.1, 0.15) is 0 Å². The summed E-state index contributed by atoms with van der Waals surface area (Å²) in [5.41, 5.74) is 28.0. The number of nitrogens with zero attached hydrogens (tertiary/aromatic N) is 6. The van der Waals surface area contributed by atoms with Gasteiger partial charge in [-0.1, -0.05) is 370 Å². The van der Waals surface area contributed by atoms with Crippen LogP contribution >= 0.6 is 34.0 Å². The van der Waals surface area contributed by atoms with E-state index in [-0.39, 0.29) is 0 Å². The fraction of sp³-hybridized carbons (Fsp3) is 0. The third kappa shape index (κ3) is 14.3. The van der Waals surface area contributed by atoms with E-state index in [9.17, 15) is 0 Å². The van der Waals surface area contributed by atoms with Gasteiger partial charge in [-0.2, -0.15) is 0 Å². The van der Waals surface area contributed by atoms with E-state index in [0.29, 0.717) is 0 Å². The summed E-state index contributed by atoms with van der Waals surface area (Å²) in [4.78, 5) is 30.5. The lowest BCUT2D eigenvalue weighted by Crippen LogP contribution is -1.97. The topological polar surface area (TPSA) is 77.3 Å². The van der Waals surface area contributed by atoms with Crippen molar-refractivity contribution in [2.24, 2.45) is 0 Å². The summed E-state index contributed by atoms with van der Waals surface area (Å²) in [6.07, 6.45) is 0. The molecule has 9 heteroatoms. The Labute approximate surface area is 723 Å². The first kappa shape index (κ1) is 74.0. The van der Waals surface area contributed by atoms with E-state index < -0.39 is 0 Å². The summed E-state index contributed by atoms with van der Waals surface area (Å²) < 4.78 is 7.95. The molecule has 0 spiro atoms. The van der Waals surface area contributed by atoms with Crippen molar-refractivity contribution < 1.29 is 0 Å². The number of rotatable bonds is 12. The SMILES string of the molecule is c1ccc(-c2nc(-c3ccccc3)c3cc(-c4ccc(-c5cccc6sc7ccccc7c56)cc4)ccc3n2)cc1.c1ccc(-c2nc(-c3ccccc3)c3ccc(-c4ccc(-c5cccc6sc7ccccc7c56)cc4)cc3n2)cc1.c1ccc(-c2nc3cccc(-c4ccc(-c5cccc6sc7ccccc7c56)cc4)c3nc2-c2ccccc2)cc1. The van der Waals surface area contributed by atoms with Crippen molar-refractivity contribution in [2.75, 3.05) is 0 Å². The molecule has 0 fully saturated rings. The van der Waals surface area contributed by atoms with E-state index in [1.54, 1.807) is 0 Å². The number of aromatic nitrogens is 6. The van der Waals surface area contributed by atoms with Crippen molar-refractivity contribution in [3.63, 3.8) is 0 Å². The zero-order chi connectivity index (χ0) is 81.5. The third-order valence-corrected chi connectivity index (χ3v) is 26.5. The number of fused-ring (bicyclic) bond motifs is 12. The first-order chi connectivity index (χ1) is 61.0. The number of hydrogen-bond donors (Lipinski definition) is 0. The highest BCUT2D eigenvalue weighted by atomic mass is 32.1. The number of hydrogen-bond acceptors (Lipinski definition) is 9. The summed E-state index contributed by atoms with van der Waals surface area (Å²) in [5, 5.41) is 10.1.